The van der Waals surface area contributed by atoms with Gasteiger partial charge in [-0.05, 0) is 12.1 Å². The molecule has 32 heavy (non-hydrogen) atoms. The number of hydrogen-bond acceptors (Lipinski definition) is 10. The summed E-state index contributed by atoms with van der Waals surface area (Å²) in [5.41, 5.74) is 5.80. The van der Waals surface area contributed by atoms with Gasteiger partial charge in [0.2, 0.25) is 12.3 Å². The highest BCUT2D eigenvalue weighted by molar-refractivity contribution is 5.99. The molecule has 0 aliphatic carbocycles. The normalized spacial score (nSPS) is 32.7. The number of esters is 3. The van der Waals surface area contributed by atoms with Crippen molar-refractivity contribution in [3.8, 4) is 0 Å². The summed E-state index contributed by atoms with van der Waals surface area (Å²) in [5.74, 6) is -2.30. The molecule has 0 radical (unpaired) electrons. The lowest BCUT2D eigenvalue weighted by Crippen LogP contribution is -2.58. The van der Waals surface area contributed by atoms with E-state index in [0.29, 0.717) is 0 Å². The maximum absolute atomic E-state index is 12.7. The van der Waals surface area contributed by atoms with Gasteiger partial charge in [-0.15, -0.1) is 4.99 Å². The van der Waals surface area contributed by atoms with Gasteiger partial charge in [-0.25, -0.2) is 19.2 Å². The fraction of sp³-hybridized carbons (Fsp3) is 0.300. The summed E-state index contributed by atoms with van der Waals surface area (Å²) in [4.78, 5) is 56.8. The summed E-state index contributed by atoms with van der Waals surface area (Å²) in [6.45, 7) is -0.344. The summed E-state index contributed by atoms with van der Waals surface area (Å²) in [6, 6.07) is 2.41. The average Bonchev–Trinajstić information content (AvgIpc) is 3.10. The van der Waals surface area contributed by atoms with Crippen molar-refractivity contribution in [3.05, 3.63) is 54.5 Å². The molecule has 0 saturated carbocycles. The minimum absolute atomic E-state index is 0.00567. The molecule has 0 spiro atoms. The topological polar surface area (TPSA) is 156 Å². The van der Waals surface area contributed by atoms with Gasteiger partial charge in [-0.2, -0.15) is 4.48 Å². The number of hydrogen-bond donors (Lipinski definition) is 1. The molecule has 2 amide bonds. The molecule has 2 unspecified atom stereocenters. The van der Waals surface area contributed by atoms with E-state index in [-0.39, 0.29) is 18.0 Å². The van der Waals surface area contributed by atoms with Gasteiger partial charge in [-0.3, -0.25) is 4.98 Å². The van der Waals surface area contributed by atoms with Crippen LogP contribution in [0.2, 0.25) is 0 Å². The van der Waals surface area contributed by atoms with Gasteiger partial charge in [0.05, 0.1) is 12.6 Å². The number of nitrogens with zero attached hydrogens (tertiary/aromatic N) is 3. The zero-order valence-corrected chi connectivity index (χ0v) is 16.8. The number of carbonyl (C=O) groups is 4. The quantitative estimate of drug-likeness (QED) is 0.376. The molecule has 12 heteroatoms. The molecule has 4 heterocycles. The van der Waals surface area contributed by atoms with Crippen molar-refractivity contribution in [2.45, 2.75) is 24.5 Å². The Morgan fingerprint density at radius 3 is 2.53 bits per heavy atom. The number of quaternary nitrogens is 1. The van der Waals surface area contributed by atoms with Crippen molar-refractivity contribution in [3.63, 3.8) is 0 Å². The second-order valence-corrected chi connectivity index (χ2v) is 7.32. The van der Waals surface area contributed by atoms with Crippen LogP contribution in [0.5, 0.6) is 0 Å². The summed E-state index contributed by atoms with van der Waals surface area (Å²) in [7, 11) is 1.48. The van der Waals surface area contributed by atoms with Crippen molar-refractivity contribution < 1.29 is 42.6 Å². The number of amides is 2. The van der Waals surface area contributed by atoms with Gasteiger partial charge in [-0.1, -0.05) is 0 Å². The van der Waals surface area contributed by atoms with Crippen molar-refractivity contribution in [1.82, 2.24) is 4.98 Å². The standard InChI is InChI=1S/C20H18N4O8/c1-24(8-6-13(21)23-20(24)28)18-17-16(31-14(25)4-5-15(26)32-17)12(30-18)10-29-19(27)11-3-2-7-22-9-11/h2-9,12,16-18H,10H2,1H3,(H-,21,23,28)/p+1/b5-4-/t12-,16?,17+,18-,24?/m1/s1. The Hall–Kier alpha value is -3.90. The molecule has 1 fully saturated rings. The minimum Gasteiger partial charge on any atom is -0.459 e. The van der Waals surface area contributed by atoms with Crippen LogP contribution in [0.3, 0.4) is 0 Å². The van der Waals surface area contributed by atoms with E-state index in [0.717, 1.165) is 12.2 Å². The Labute approximate surface area is 181 Å². The van der Waals surface area contributed by atoms with Crippen LogP contribution in [0, 0.1) is 0 Å². The minimum atomic E-state index is -1.19. The van der Waals surface area contributed by atoms with Gasteiger partial charge >= 0.3 is 23.9 Å². The Balaban J connectivity index is 1.61. The number of pyridine rings is 1. The molecule has 4 rings (SSSR count). The second-order valence-electron chi connectivity index (χ2n) is 7.32. The van der Waals surface area contributed by atoms with E-state index in [1.54, 1.807) is 6.07 Å². The van der Waals surface area contributed by atoms with E-state index in [9.17, 15) is 19.2 Å². The van der Waals surface area contributed by atoms with Gasteiger partial charge in [0.25, 0.3) is 0 Å². The number of nitrogens with two attached hydrogens (primary N) is 1. The molecule has 0 bridgehead atoms. The summed E-state index contributed by atoms with van der Waals surface area (Å²) >= 11 is 0. The molecule has 1 aromatic rings. The van der Waals surface area contributed by atoms with E-state index in [1.807, 2.05) is 0 Å². The molecule has 3 aliphatic rings. The monoisotopic (exact) mass is 443 g/mol. The zero-order chi connectivity index (χ0) is 22.9. The Morgan fingerprint density at radius 2 is 1.88 bits per heavy atom. The van der Waals surface area contributed by atoms with Crippen molar-refractivity contribution in [2.24, 2.45) is 10.7 Å². The van der Waals surface area contributed by atoms with Gasteiger partial charge in [0.15, 0.2) is 6.10 Å². The molecule has 166 valence electrons. The molecule has 1 aromatic heterocycles. The maximum Gasteiger partial charge on any atom is 0.451 e. The first-order chi connectivity index (χ1) is 15.3. The van der Waals surface area contributed by atoms with Crippen LogP contribution in [0.1, 0.15) is 10.4 Å². The fourth-order valence-electron chi connectivity index (χ4n) is 3.49. The maximum atomic E-state index is 12.7. The van der Waals surface area contributed by atoms with E-state index >= 15 is 0 Å². The van der Waals surface area contributed by atoms with E-state index < -0.39 is 53.0 Å². The highest BCUT2D eigenvalue weighted by Crippen LogP contribution is 2.35. The number of ether oxygens (including phenoxy) is 4. The van der Waals surface area contributed by atoms with Crippen molar-refractivity contribution in [1.29, 1.82) is 0 Å². The third-order valence-corrected chi connectivity index (χ3v) is 5.14. The van der Waals surface area contributed by atoms with Crippen LogP contribution in [0.4, 0.5) is 4.79 Å². The lowest BCUT2D eigenvalue weighted by Gasteiger charge is -2.34. The van der Waals surface area contributed by atoms with Crippen LogP contribution in [-0.2, 0) is 28.5 Å². The SMILES string of the molecule is C[N+]1([C@@H]2O[C@H](COC(=O)c3cccnc3)C3OC(=O)/C=C\C(=O)O[C@@H]32)C=CC(N)=NC1=O. The Kier molecular flexibility index (Phi) is 5.55. The molecule has 12 nitrogen and oxygen atoms in total. The summed E-state index contributed by atoms with van der Waals surface area (Å²) in [6.07, 6.45) is 2.98. The number of aromatic nitrogens is 1. The largest absolute Gasteiger partial charge is 0.459 e. The van der Waals surface area contributed by atoms with Gasteiger partial charge in [0.1, 0.15) is 24.7 Å². The van der Waals surface area contributed by atoms with Crippen LogP contribution >= 0.6 is 0 Å². The predicted molar refractivity (Wildman–Crippen MR) is 104 cm³/mol. The van der Waals surface area contributed by atoms with Crippen LogP contribution in [-0.4, -0.2) is 77.4 Å². The van der Waals surface area contributed by atoms with E-state index in [1.165, 1.54) is 37.8 Å². The summed E-state index contributed by atoms with van der Waals surface area (Å²) < 4.78 is 21.5. The predicted octanol–water partition coefficient (Wildman–Crippen LogP) is -0.192. The Bertz CT molecular complexity index is 1050. The lowest BCUT2D eigenvalue weighted by molar-refractivity contribution is -0.834. The fourth-order valence-corrected chi connectivity index (χ4v) is 3.49. The number of fused-ring (bicyclic) bond motifs is 1. The number of urea groups is 1. The number of carbonyl (C=O) groups excluding carboxylic acids is 4. The summed E-state index contributed by atoms with van der Waals surface area (Å²) in [5, 5.41) is 0. The molecule has 2 N–H and O–H groups in total. The molecular formula is C20H19N4O8+. The molecule has 3 aliphatic heterocycles. The van der Waals surface area contributed by atoms with E-state index in [4.69, 9.17) is 24.7 Å². The number of amidine groups is 1. The third kappa shape index (κ3) is 4.00. The third-order valence-electron chi connectivity index (χ3n) is 5.14. The molecule has 1 saturated heterocycles. The van der Waals surface area contributed by atoms with Crippen LogP contribution < -0.4 is 5.73 Å². The average molecular weight is 443 g/mol. The lowest BCUT2D eigenvalue weighted by atomic mass is 10.1. The highest BCUT2D eigenvalue weighted by Gasteiger charge is 2.60. The van der Waals surface area contributed by atoms with Crippen LogP contribution in [0.15, 0.2) is 53.9 Å². The Morgan fingerprint density at radius 1 is 1.16 bits per heavy atom. The highest BCUT2D eigenvalue weighted by atomic mass is 16.7. The zero-order valence-electron chi connectivity index (χ0n) is 16.8. The number of likely N-dealkylation sites (N-methyl/N-ethyl adjacent to an activating group) is 1. The van der Waals surface area contributed by atoms with Gasteiger partial charge < -0.3 is 24.7 Å². The first-order valence-corrected chi connectivity index (χ1v) is 9.53. The second kappa shape index (κ2) is 8.32. The van der Waals surface area contributed by atoms with Crippen molar-refractivity contribution in [2.75, 3.05) is 13.7 Å². The van der Waals surface area contributed by atoms with Crippen molar-refractivity contribution >= 4 is 29.8 Å². The number of aliphatic imine (C=N–C) groups is 1. The van der Waals surface area contributed by atoms with Crippen LogP contribution in [0.25, 0.3) is 0 Å². The number of rotatable bonds is 4. The first kappa shape index (κ1) is 21.3. The van der Waals surface area contributed by atoms with E-state index in [2.05, 4.69) is 9.98 Å². The molecular weight excluding hydrogens is 424 g/mol. The van der Waals surface area contributed by atoms with Gasteiger partial charge in [0, 0.05) is 30.6 Å². The molecule has 5 atom stereocenters. The first-order valence-electron chi connectivity index (χ1n) is 9.53. The smallest absolute Gasteiger partial charge is 0.451 e. The molecule has 0 aromatic carbocycles.